The SMILES string of the molecule is O=C(COc1cc(Cl)c(Cl)cc1Cl)c1ccc(Cl)cc1. The van der Waals surface area contributed by atoms with Crippen molar-refractivity contribution < 1.29 is 9.53 Å². The van der Waals surface area contributed by atoms with Crippen LogP contribution in [0.25, 0.3) is 0 Å². The van der Waals surface area contributed by atoms with E-state index in [4.69, 9.17) is 51.1 Å². The lowest BCUT2D eigenvalue weighted by Gasteiger charge is -2.08. The number of halogens is 4. The van der Waals surface area contributed by atoms with Gasteiger partial charge < -0.3 is 4.74 Å². The largest absolute Gasteiger partial charge is 0.484 e. The Labute approximate surface area is 136 Å². The average molecular weight is 350 g/mol. The van der Waals surface area contributed by atoms with Gasteiger partial charge in [-0.15, -0.1) is 0 Å². The van der Waals surface area contributed by atoms with Gasteiger partial charge in [-0.3, -0.25) is 4.79 Å². The number of ketones is 1. The molecule has 0 fully saturated rings. The van der Waals surface area contributed by atoms with Crippen LogP contribution < -0.4 is 4.74 Å². The zero-order valence-electron chi connectivity index (χ0n) is 10.00. The molecule has 104 valence electrons. The Bertz CT molecular complexity index is 638. The van der Waals surface area contributed by atoms with Gasteiger partial charge in [-0.1, -0.05) is 46.4 Å². The smallest absolute Gasteiger partial charge is 0.200 e. The van der Waals surface area contributed by atoms with Gasteiger partial charge in [-0.25, -0.2) is 0 Å². The fourth-order valence-electron chi connectivity index (χ4n) is 1.48. The second-order valence-electron chi connectivity index (χ2n) is 3.92. The molecule has 6 heteroatoms. The number of hydrogen-bond donors (Lipinski definition) is 0. The predicted octanol–water partition coefficient (Wildman–Crippen LogP) is 5.56. The third-order valence-electron chi connectivity index (χ3n) is 2.50. The first kappa shape index (κ1) is 15.5. The molecule has 0 aromatic heterocycles. The van der Waals surface area contributed by atoms with Gasteiger partial charge in [-0.05, 0) is 30.3 Å². The van der Waals surface area contributed by atoms with Crippen molar-refractivity contribution in [2.24, 2.45) is 0 Å². The molecular weight excluding hydrogens is 342 g/mol. The van der Waals surface area contributed by atoms with Crippen molar-refractivity contribution in [2.75, 3.05) is 6.61 Å². The van der Waals surface area contributed by atoms with Crippen LogP contribution in [0.15, 0.2) is 36.4 Å². The molecule has 0 aliphatic heterocycles. The third-order valence-corrected chi connectivity index (χ3v) is 3.77. The van der Waals surface area contributed by atoms with E-state index in [1.807, 2.05) is 0 Å². The summed E-state index contributed by atoms with van der Waals surface area (Å²) < 4.78 is 5.36. The van der Waals surface area contributed by atoms with Crippen molar-refractivity contribution in [1.29, 1.82) is 0 Å². The number of rotatable bonds is 4. The zero-order chi connectivity index (χ0) is 14.7. The zero-order valence-corrected chi connectivity index (χ0v) is 13.0. The van der Waals surface area contributed by atoms with Crippen LogP contribution in [0.3, 0.4) is 0 Å². The second-order valence-corrected chi connectivity index (χ2v) is 5.57. The molecule has 2 aromatic rings. The molecule has 0 spiro atoms. The van der Waals surface area contributed by atoms with Gasteiger partial charge in [0.2, 0.25) is 0 Å². The van der Waals surface area contributed by atoms with E-state index in [0.29, 0.717) is 31.4 Å². The molecule has 0 bridgehead atoms. The fraction of sp³-hybridized carbons (Fsp3) is 0.0714. The van der Waals surface area contributed by atoms with Crippen molar-refractivity contribution >= 4 is 52.2 Å². The molecule has 2 rings (SSSR count). The summed E-state index contributed by atoms with van der Waals surface area (Å²) in [4.78, 5) is 11.9. The maximum Gasteiger partial charge on any atom is 0.200 e. The van der Waals surface area contributed by atoms with Crippen LogP contribution in [-0.4, -0.2) is 12.4 Å². The number of carbonyl (C=O) groups excluding carboxylic acids is 1. The molecule has 2 nitrogen and oxygen atoms in total. The minimum Gasteiger partial charge on any atom is -0.484 e. The molecule has 0 saturated carbocycles. The Hall–Kier alpha value is -0.930. The van der Waals surface area contributed by atoms with E-state index >= 15 is 0 Å². The summed E-state index contributed by atoms with van der Waals surface area (Å²) in [5.74, 6) is 0.118. The first-order valence-electron chi connectivity index (χ1n) is 5.53. The molecule has 0 N–H and O–H groups in total. The Morgan fingerprint density at radius 1 is 0.900 bits per heavy atom. The second kappa shape index (κ2) is 6.68. The molecule has 0 radical (unpaired) electrons. The van der Waals surface area contributed by atoms with Gasteiger partial charge >= 0.3 is 0 Å². The van der Waals surface area contributed by atoms with Crippen LogP contribution in [0.2, 0.25) is 20.1 Å². The Balaban J connectivity index is 2.07. The summed E-state index contributed by atoms with van der Waals surface area (Å²) in [7, 11) is 0. The Morgan fingerprint density at radius 2 is 1.50 bits per heavy atom. The Morgan fingerprint density at radius 3 is 2.15 bits per heavy atom. The molecule has 0 aliphatic rings. The first-order valence-corrected chi connectivity index (χ1v) is 7.04. The lowest BCUT2D eigenvalue weighted by molar-refractivity contribution is 0.0921. The van der Waals surface area contributed by atoms with Gasteiger partial charge in [0, 0.05) is 16.7 Å². The number of hydrogen-bond acceptors (Lipinski definition) is 2. The summed E-state index contributed by atoms with van der Waals surface area (Å²) >= 11 is 23.4. The number of carbonyl (C=O) groups is 1. The van der Waals surface area contributed by atoms with Gasteiger partial charge in [0.15, 0.2) is 12.4 Å². The average Bonchev–Trinajstić information content (AvgIpc) is 2.42. The molecule has 0 heterocycles. The number of ether oxygens (including phenoxy) is 1. The van der Waals surface area contributed by atoms with E-state index in [1.54, 1.807) is 24.3 Å². The molecule has 2 aromatic carbocycles. The van der Waals surface area contributed by atoms with Crippen molar-refractivity contribution in [1.82, 2.24) is 0 Å². The van der Waals surface area contributed by atoms with E-state index < -0.39 is 0 Å². The van der Waals surface area contributed by atoms with E-state index in [9.17, 15) is 4.79 Å². The van der Waals surface area contributed by atoms with Gasteiger partial charge in [-0.2, -0.15) is 0 Å². The normalized spacial score (nSPS) is 10.4. The quantitative estimate of drug-likeness (QED) is 0.533. The number of benzene rings is 2. The van der Waals surface area contributed by atoms with Crippen molar-refractivity contribution in [2.45, 2.75) is 0 Å². The minimum absolute atomic E-state index is 0.153. The predicted molar refractivity (Wildman–Crippen MR) is 82.7 cm³/mol. The summed E-state index contributed by atoms with van der Waals surface area (Å²) in [5, 5.41) is 1.50. The van der Waals surface area contributed by atoms with Crippen LogP contribution in [0.1, 0.15) is 10.4 Å². The molecule has 0 unspecified atom stereocenters. The fourth-order valence-corrected chi connectivity index (χ4v) is 2.19. The van der Waals surface area contributed by atoms with Gasteiger partial charge in [0.05, 0.1) is 15.1 Å². The van der Waals surface area contributed by atoms with Crippen LogP contribution in [0.4, 0.5) is 0 Å². The van der Waals surface area contributed by atoms with E-state index in [1.165, 1.54) is 12.1 Å². The van der Waals surface area contributed by atoms with Crippen LogP contribution in [0, 0.1) is 0 Å². The molecular formula is C14H8Cl4O2. The lowest BCUT2D eigenvalue weighted by Crippen LogP contribution is -2.11. The summed E-state index contributed by atoms with van der Waals surface area (Å²) in [6, 6.07) is 9.48. The molecule has 0 amide bonds. The van der Waals surface area contributed by atoms with Gasteiger partial charge in [0.1, 0.15) is 5.75 Å². The summed E-state index contributed by atoms with van der Waals surface area (Å²) in [6.45, 7) is -0.153. The molecule has 0 saturated heterocycles. The molecule has 0 atom stereocenters. The number of Topliss-reactive ketones (excluding diaryl/α,β-unsaturated/α-hetero) is 1. The Kier molecular flexibility index (Phi) is 5.17. The highest BCUT2D eigenvalue weighted by molar-refractivity contribution is 6.43. The highest BCUT2D eigenvalue weighted by Gasteiger charge is 2.11. The van der Waals surface area contributed by atoms with E-state index in [0.717, 1.165) is 0 Å². The van der Waals surface area contributed by atoms with Crippen molar-refractivity contribution in [3.05, 3.63) is 62.1 Å². The summed E-state index contributed by atoms with van der Waals surface area (Å²) in [5.41, 5.74) is 0.505. The lowest BCUT2D eigenvalue weighted by atomic mass is 10.1. The standard InChI is InChI=1S/C14H8Cl4O2/c15-9-3-1-8(2-4-9)13(19)7-20-14-6-11(17)10(16)5-12(14)18/h1-6H,7H2. The van der Waals surface area contributed by atoms with Crippen molar-refractivity contribution in [3.8, 4) is 5.75 Å². The molecule has 0 aliphatic carbocycles. The highest BCUT2D eigenvalue weighted by atomic mass is 35.5. The van der Waals surface area contributed by atoms with Crippen molar-refractivity contribution in [3.63, 3.8) is 0 Å². The van der Waals surface area contributed by atoms with Crippen LogP contribution in [0.5, 0.6) is 5.75 Å². The monoisotopic (exact) mass is 348 g/mol. The van der Waals surface area contributed by atoms with Crippen LogP contribution in [-0.2, 0) is 0 Å². The summed E-state index contributed by atoms with van der Waals surface area (Å²) in [6.07, 6.45) is 0. The molecule has 20 heavy (non-hydrogen) atoms. The van der Waals surface area contributed by atoms with E-state index in [-0.39, 0.29) is 12.4 Å². The maximum atomic E-state index is 11.9. The van der Waals surface area contributed by atoms with E-state index in [2.05, 4.69) is 0 Å². The topological polar surface area (TPSA) is 26.3 Å². The van der Waals surface area contributed by atoms with Crippen LogP contribution >= 0.6 is 46.4 Å². The third kappa shape index (κ3) is 3.80. The first-order chi connectivity index (χ1) is 9.47. The highest BCUT2D eigenvalue weighted by Crippen LogP contribution is 2.33. The van der Waals surface area contributed by atoms with Gasteiger partial charge in [0.25, 0.3) is 0 Å². The maximum absolute atomic E-state index is 11.9. The minimum atomic E-state index is -0.191.